The highest BCUT2D eigenvalue weighted by atomic mass is 19.1. The van der Waals surface area contributed by atoms with Crippen molar-refractivity contribution < 1.29 is 23.6 Å². The number of carbonyl (C=O) groups is 4. The minimum atomic E-state index is -0.981. The zero-order valence-corrected chi connectivity index (χ0v) is 14.8. The standard InChI is InChI=1S/C19H20FN3O4/c20-14-9-3-5-12-6-4-10-21(16(12)14)15(24)11-22-17(25)18(26)23(19(22)27)13-7-1-2-8-13/h3,5,9,13H,1-2,4,6-8,10-11H2. The molecule has 0 bridgehead atoms. The summed E-state index contributed by atoms with van der Waals surface area (Å²) in [6.45, 7) is -0.246. The third kappa shape index (κ3) is 2.89. The van der Waals surface area contributed by atoms with Gasteiger partial charge < -0.3 is 4.90 Å². The number of fused-ring (bicyclic) bond motifs is 1. The summed E-state index contributed by atoms with van der Waals surface area (Å²) in [7, 11) is 0. The summed E-state index contributed by atoms with van der Waals surface area (Å²) in [5, 5.41) is 0. The maximum Gasteiger partial charge on any atom is 0.334 e. The van der Waals surface area contributed by atoms with E-state index in [1.807, 2.05) is 0 Å². The van der Waals surface area contributed by atoms with Gasteiger partial charge in [-0.05, 0) is 37.3 Å². The number of benzene rings is 1. The molecule has 1 saturated carbocycles. The van der Waals surface area contributed by atoms with Gasteiger partial charge in [-0.3, -0.25) is 19.3 Å². The smallest absolute Gasteiger partial charge is 0.308 e. The van der Waals surface area contributed by atoms with Gasteiger partial charge in [0.2, 0.25) is 5.91 Å². The number of hydrogen-bond donors (Lipinski definition) is 0. The monoisotopic (exact) mass is 373 g/mol. The highest BCUT2D eigenvalue weighted by Crippen LogP contribution is 2.31. The van der Waals surface area contributed by atoms with Crippen molar-refractivity contribution in [1.82, 2.24) is 9.80 Å². The molecule has 0 N–H and O–H groups in total. The molecule has 2 fully saturated rings. The van der Waals surface area contributed by atoms with Crippen molar-refractivity contribution >= 4 is 29.4 Å². The molecule has 3 aliphatic rings. The second-order valence-electron chi connectivity index (χ2n) is 7.18. The lowest BCUT2D eigenvalue weighted by Gasteiger charge is -2.30. The number of hydrogen-bond acceptors (Lipinski definition) is 4. The summed E-state index contributed by atoms with van der Waals surface area (Å²) in [6.07, 6.45) is 4.48. The van der Waals surface area contributed by atoms with E-state index in [1.54, 1.807) is 12.1 Å². The van der Waals surface area contributed by atoms with Crippen LogP contribution in [-0.2, 0) is 20.8 Å². The Balaban J connectivity index is 1.55. The van der Waals surface area contributed by atoms with Crippen LogP contribution in [-0.4, -0.2) is 52.7 Å². The van der Waals surface area contributed by atoms with E-state index in [0.717, 1.165) is 23.3 Å². The van der Waals surface area contributed by atoms with Crippen molar-refractivity contribution in [3.05, 3.63) is 29.6 Å². The summed E-state index contributed by atoms with van der Waals surface area (Å²) >= 11 is 0. The zero-order chi connectivity index (χ0) is 19.1. The molecule has 2 aliphatic heterocycles. The maximum atomic E-state index is 14.3. The first-order chi connectivity index (χ1) is 13.0. The molecule has 0 unspecified atom stereocenters. The van der Waals surface area contributed by atoms with Crippen molar-refractivity contribution in [2.45, 2.75) is 44.6 Å². The fraction of sp³-hybridized carbons (Fsp3) is 0.474. The first kappa shape index (κ1) is 17.6. The number of carbonyl (C=O) groups excluding carboxylic acids is 4. The predicted octanol–water partition coefficient (Wildman–Crippen LogP) is 1.84. The van der Waals surface area contributed by atoms with Crippen LogP contribution in [0.25, 0.3) is 0 Å². The fourth-order valence-electron chi connectivity index (χ4n) is 4.22. The molecule has 2 heterocycles. The van der Waals surface area contributed by atoms with Crippen LogP contribution in [0.3, 0.4) is 0 Å². The Kier molecular flexibility index (Phi) is 4.41. The normalized spacial score (nSPS) is 20.6. The van der Waals surface area contributed by atoms with Crippen LogP contribution in [0.4, 0.5) is 14.9 Å². The lowest BCUT2D eigenvalue weighted by molar-refractivity contribution is -0.144. The first-order valence-electron chi connectivity index (χ1n) is 9.26. The molecule has 5 amide bonds. The van der Waals surface area contributed by atoms with Gasteiger partial charge in [0, 0.05) is 12.6 Å². The van der Waals surface area contributed by atoms with Crippen LogP contribution in [0.15, 0.2) is 18.2 Å². The fourth-order valence-corrected chi connectivity index (χ4v) is 4.22. The number of halogens is 1. The Bertz CT molecular complexity index is 834. The molecule has 1 aromatic rings. The molecule has 0 spiro atoms. The second-order valence-corrected chi connectivity index (χ2v) is 7.18. The molecule has 142 valence electrons. The van der Waals surface area contributed by atoms with Gasteiger partial charge in [0.15, 0.2) is 0 Å². The number of aryl methyl sites for hydroxylation is 1. The lowest BCUT2D eigenvalue weighted by atomic mass is 10.0. The number of anilines is 1. The summed E-state index contributed by atoms with van der Waals surface area (Å²) in [6, 6.07) is 3.61. The third-order valence-electron chi connectivity index (χ3n) is 5.54. The van der Waals surface area contributed by atoms with E-state index in [2.05, 4.69) is 0 Å². The van der Waals surface area contributed by atoms with Crippen LogP contribution in [0.2, 0.25) is 0 Å². The number of nitrogens with zero attached hydrogens (tertiary/aromatic N) is 3. The minimum absolute atomic E-state index is 0.201. The number of imide groups is 2. The van der Waals surface area contributed by atoms with Gasteiger partial charge in [0.1, 0.15) is 12.4 Å². The van der Waals surface area contributed by atoms with Crippen LogP contribution >= 0.6 is 0 Å². The van der Waals surface area contributed by atoms with Crippen molar-refractivity contribution in [2.24, 2.45) is 0 Å². The van der Waals surface area contributed by atoms with E-state index < -0.39 is 36.1 Å². The third-order valence-corrected chi connectivity index (χ3v) is 5.54. The average Bonchev–Trinajstić information content (AvgIpc) is 3.25. The van der Waals surface area contributed by atoms with Crippen molar-refractivity contribution in [3.63, 3.8) is 0 Å². The Morgan fingerprint density at radius 2 is 1.81 bits per heavy atom. The van der Waals surface area contributed by atoms with Crippen LogP contribution in [0.5, 0.6) is 0 Å². The highest BCUT2D eigenvalue weighted by molar-refractivity contribution is 6.45. The van der Waals surface area contributed by atoms with Crippen LogP contribution < -0.4 is 4.90 Å². The van der Waals surface area contributed by atoms with Crippen molar-refractivity contribution in [3.8, 4) is 0 Å². The van der Waals surface area contributed by atoms with Crippen LogP contribution in [0.1, 0.15) is 37.7 Å². The summed E-state index contributed by atoms with van der Waals surface area (Å²) in [5.41, 5.74) is 0.921. The molecular weight excluding hydrogens is 353 g/mol. The quantitative estimate of drug-likeness (QED) is 0.598. The van der Waals surface area contributed by atoms with Gasteiger partial charge >= 0.3 is 17.8 Å². The molecule has 1 aromatic carbocycles. The SMILES string of the molecule is O=C1C(=O)N(C2CCCC2)C(=O)N1CC(=O)N1CCCc2cccc(F)c21. The molecule has 0 radical (unpaired) electrons. The second kappa shape index (κ2) is 6.75. The molecule has 7 nitrogen and oxygen atoms in total. The maximum absolute atomic E-state index is 14.3. The minimum Gasteiger partial charge on any atom is -0.308 e. The van der Waals surface area contributed by atoms with E-state index in [4.69, 9.17) is 0 Å². The average molecular weight is 373 g/mol. The summed E-state index contributed by atoms with van der Waals surface area (Å²) in [4.78, 5) is 52.9. The van der Waals surface area contributed by atoms with Crippen LogP contribution in [0, 0.1) is 5.82 Å². The number of para-hydroxylation sites is 1. The Morgan fingerprint density at radius 1 is 1.07 bits per heavy atom. The zero-order valence-electron chi connectivity index (χ0n) is 14.8. The van der Waals surface area contributed by atoms with E-state index in [1.165, 1.54) is 11.0 Å². The van der Waals surface area contributed by atoms with E-state index in [0.29, 0.717) is 37.1 Å². The highest BCUT2D eigenvalue weighted by Gasteiger charge is 2.49. The Morgan fingerprint density at radius 3 is 2.56 bits per heavy atom. The molecule has 8 heteroatoms. The summed E-state index contributed by atoms with van der Waals surface area (Å²) < 4.78 is 14.3. The molecule has 0 aromatic heterocycles. The first-order valence-corrected chi connectivity index (χ1v) is 9.26. The number of urea groups is 1. The van der Waals surface area contributed by atoms with E-state index >= 15 is 0 Å². The Labute approximate surface area is 155 Å². The van der Waals surface area contributed by atoms with Gasteiger partial charge in [-0.25, -0.2) is 14.1 Å². The van der Waals surface area contributed by atoms with E-state index in [9.17, 15) is 23.6 Å². The largest absolute Gasteiger partial charge is 0.334 e. The molecule has 1 saturated heterocycles. The molecular formula is C19H20FN3O4. The van der Waals surface area contributed by atoms with Crippen molar-refractivity contribution in [2.75, 3.05) is 18.0 Å². The molecule has 0 atom stereocenters. The topological polar surface area (TPSA) is 78.0 Å². The van der Waals surface area contributed by atoms with Gasteiger partial charge in [0.05, 0.1) is 5.69 Å². The van der Waals surface area contributed by atoms with Gasteiger partial charge in [0.25, 0.3) is 0 Å². The molecule has 1 aliphatic carbocycles. The van der Waals surface area contributed by atoms with Gasteiger partial charge in [-0.15, -0.1) is 0 Å². The lowest BCUT2D eigenvalue weighted by Crippen LogP contribution is -2.46. The van der Waals surface area contributed by atoms with Gasteiger partial charge in [-0.1, -0.05) is 25.0 Å². The van der Waals surface area contributed by atoms with E-state index in [-0.39, 0.29) is 11.7 Å². The number of rotatable bonds is 3. The predicted molar refractivity (Wildman–Crippen MR) is 93.3 cm³/mol. The molecule has 27 heavy (non-hydrogen) atoms. The molecule has 4 rings (SSSR count). The van der Waals surface area contributed by atoms with Gasteiger partial charge in [-0.2, -0.15) is 0 Å². The Hall–Kier alpha value is -2.77. The summed E-state index contributed by atoms with van der Waals surface area (Å²) in [5.74, 6) is -2.93. The number of amides is 5. The van der Waals surface area contributed by atoms with Crippen molar-refractivity contribution in [1.29, 1.82) is 0 Å².